The zero-order valence-electron chi connectivity index (χ0n) is 16.3. The Labute approximate surface area is 180 Å². The molecule has 0 unspecified atom stereocenters. The number of hydrogen-bond acceptors (Lipinski definition) is 3. The molecule has 30 heavy (non-hydrogen) atoms. The van der Waals surface area contributed by atoms with Crippen molar-refractivity contribution in [3.8, 4) is 0 Å². The molecule has 2 aromatic rings. The van der Waals surface area contributed by atoms with Gasteiger partial charge in [0.2, 0.25) is 10.0 Å². The number of amides is 2. The van der Waals surface area contributed by atoms with E-state index in [9.17, 15) is 17.6 Å². The summed E-state index contributed by atoms with van der Waals surface area (Å²) in [6.07, 6.45) is 2.13. The number of sulfonamides is 1. The molecule has 6 nitrogen and oxygen atoms in total. The zero-order chi connectivity index (χ0) is 21.3. The van der Waals surface area contributed by atoms with Crippen LogP contribution in [0.2, 0.25) is 5.02 Å². The normalized spacial score (nSPS) is 18.8. The highest BCUT2D eigenvalue weighted by Gasteiger charge is 2.36. The maximum atomic E-state index is 13.1. The standard InChI is InChI=1S/C21H23ClFN3O3S/c22-17-5-3-16(4-6-17)20(15-1-2-15)24-21(27)25-11-13-26(14-12-25)30(28,29)19-9-7-18(23)8-10-19/h3-10,15,20H,1-2,11-14H2,(H,24,27)/t20-/m1/s1. The molecule has 1 saturated carbocycles. The minimum Gasteiger partial charge on any atom is -0.331 e. The van der Waals surface area contributed by atoms with Gasteiger partial charge in [-0.3, -0.25) is 0 Å². The van der Waals surface area contributed by atoms with Crippen LogP contribution in [0.5, 0.6) is 0 Å². The van der Waals surface area contributed by atoms with Crippen molar-refractivity contribution in [2.24, 2.45) is 5.92 Å². The van der Waals surface area contributed by atoms with Crippen molar-refractivity contribution in [1.82, 2.24) is 14.5 Å². The van der Waals surface area contributed by atoms with Gasteiger partial charge >= 0.3 is 6.03 Å². The first-order valence-electron chi connectivity index (χ1n) is 9.91. The lowest BCUT2D eigenvalue weighted by atomic mass is 10.0. The quantitative estimate of drug-likeness (QED) is 0.754. The molecule has 1 atom stereocenters. The Morgan fingerprint density at radius 3 is 2.17 bits per heavy atom. The summed E-state index contributed by atoms with van der Waals surface area (Å²) in [5.41, 5.74) is 1.02. The largest absolute Gasteiger partial charge is 0.331 e. The third kappa shape index (κ3) is 4.61. The van der Waals surface area contributed by atoms with Crippen LogP contribution in [0.3, 0.4) is 0 Å². The summed E-state index contributed by atoms with van der Waals surface area (Å²) in [5, 5.41) is 3.76. The molecule has 1 heterocycles. The number of piperazine rings is 1. The molecule has 1 aliphatic carbocycles. The van der Waals surface area contributed by atoms with Gasteiger partial charge in [0.15, 0.2) is 0 Å². The van der Waals surface area contributed by atoms with Gasteiger partial charge in [-0.15, -0.1) is 0 Å². The average molecular weight is 452 g/mol. The molecule has 2 aromatic carbocycles. The third-order valence-corrected chi connectivity index (χ3v) is 7.74. The van der Waals surface area contributed by atoms with Gasteiger partial charge in [0.05, 0.1) is 10.9 Å². The smallest absolute Gasteiger partial charge is 0.317 e. The molecule has 160 valence electrons. The maximum Gasteiger partial charge on any atom is 0.317 e. The molecule has 0 aromatic heterocycles. The van der Waals surface area contributed by atoms with Crippen LogP contribution in [0.1, 0.15) is 24.4 Å². The van der Waals surface area contributed by atoms with Gasteiger partial charge in [-0.2, -0.15) is 4.31 Å². The summed E-state index contributed by atoms with van der Waals surface area (Å²) < 4.78 is 39.9. The maximum absolute atomic E-state index is 13.1. The Hall–Kier alpha value is -2.16. The summed E-state index contributed by atoms with van der Waals surface area (Å²) in [7, 11) is -3.71. The van der Waals surface area contributed by atoms with E-state index in [1.807, 2.05) is 24.3 Å². The summed E-state index contributed by atoms with van der Waals surface area (Å²) >= 11 is 5.97. The van der Waals surface area contributed by atoms with E-state index in [0.717, 1.165) is 30.5 Å². The molecule has 0 spiro atoms. The first kappa shape index (κ1) is 21.1. The van der Waals surface area contributed by atoms with Crippen molar-refractivity contribution in [3.63, 3.8) is 0 Å². The molecule has 1 N–H and O–H groups in total. The van der Waals surface area contributed by atoms with Crippen LogP contribution >= 0.6 is 11.6 Å². The highest BCUT2D eigenvalue weighted by molar-refractivity contribution is 7.89. The van der Waals surface area contributed by atoms with Crippen LogP contribution in [0.25, 0.3) is 0 Å². The van der Waals surface area contributed by atoms with Crippen molar-refractivity contribution < 1.29 is 17.6 Å². The van der Waals surface area contributed by atoms with Gasteiger partial charge in [0, 0.05) is 31.2 Å². The lowest BCUT2D eigenvalue weighted by molar-refractivity contribution is 0.167. The van der Waals surface area contributed by atoms with E-state index in [1.165, 1.54) is 16.4 Å². The van der Waals surface area contributed by atoms with Crippen LogP contribution in [-0.4, -0.2) is 49.8 Å². The van der Waals surface area contributed by atoms with Crippen LogP contribution in [-0.2, 0) is 10.0 Å². The second-order valence-corrected chi connectivity index (χ2v) is 10.0. The van der Waals surface area contributed by atoms with Crippen LogP contribution in [0.15, 0.2) is 53.4 Å². The number of benzene rings is 2. The Bertz CT molecular complexity index is 1000. The summed E-state index contributed by atoms with van der Waals surface area (Å²) in [4.78, 5) is 14.5. The molecule has 2 fully saturated rings. The fraction of sp³-hybridized carbons (Fsp3) is 0.381. The molecule has 2 amide bonds. The van der Waals surface area contributed by atoms with Crippen LogP contribution < -0.4 is 5.32 Å². The number of urea groups is 1. The van der Waals surface area contributed by atoms with E-state index in [1.54, 1.807) is 4.90 Å². The van der Waals surface area contributed by atoms with E-state index in [0.29, 0.717) is 24.0 Å². The summed E-state index contributed by atoms with van der Waals surface area (Å²) in [6, 6.07) is 12.0. The van der Waals surface area contributed by atoms with Crippen molar-refractivity contribution in [1.29, 1.82) is 0 Å². The lowest BCUT2D eigenvalue weighted by Crippen LogP contribution is -2.53. The Morgan fingerprint density at radius 2 is 1.60 bits per heavy atom. The molecule has 1 saturated heterocycles. The van der Waals surface area contributed by atoms with E-state index in [-0.39, 0.29) is 30.1 Å². The number of nitrogens with zero attached hydrogens (tertiary/aromatic N) is 2. The predicted molar refractivity (Wildman–Crippen MR) is 112 cm³/mol. The van der Waals surface area contributed by atoms with E-state index in [2.05, 4.69) is 5.32 Å². The van der Waals surface area contributed by atoms with E-state index < -0.39 is 15.8 Å². The van der Waals surface area contributed by atoms with Gasteiger partial charge < -0.3 is 10.2 Å². The van der Waals surface area contributed by atoms with Gasteiger partial charge in [0.25, 0.3) is 0 Å². The SMILES string of the molecule is O=C(N[C@@H](c1ccc(Cl)cc1)C1CC1)N1CCN(S(=O)(=O)c2ccc(F)cc2)CC1. The van der Waals surface area contributed by atoms with Gasteiger partial charge in [0.1, 0.15) is 5.82 Å². The minimum absolute atomic E-state index is 0.0540. The number of carbonyl (C=O) groups excluding carboxylic acids is 1. The highest BCUT2D eigenvalue weighted by atomic mass is 35.5. The first-order valence-corrected chi connectivity index (χ1v) is 11.7. The van der Waals surface area contributed by atoms with Gasteiger partial charge in [-0.1, -0.05) is 23.7 Å². The lowest BCUT2D eigenvalue weighted by Gasteiger charge is -2.35. The molecule has 9 heteroatoms. The molecular weight excluding hydrogens is 429 g/mol. The first-order chi connectivity index (χ1) is 14.3. The topological polar surface area (TPSA) is 69.7 Å². The van der Waals surface area contributed by atoms with Crippen LogP contribution in [0.4, 0.5) is 9.18 Å². The zero-order valence-corrected chi connectivity index (χ0v) is 17.9. The van der Waals surface area contributed by atoms with E-state index >= 15 is 0 Å². The number of rotatable bonds is 5. The Balaban J connectivity index is 1.38. The molecule has 0 bridgehead atoms. The molecule has 2 aliphatic rings. The molecule has 4 rings (SSSR count). The van der Waals surface area contributed by atoms with Crippen LogP contribution in [0, 0.1) is 11.7 Å². The number of nitrogens with one attached hydrogen (secondary N) is 1. The van der Waals surface area contributed by atoms with Crippen molar-refractivity contribution >= 4 is 27.7 Å². The number of hydrogen-bond donors (Lipinski definition) is 1. The fourth-order valence-corrected chi connectivity index (χ4v) is 5.23. The predicted octanol–water partition coefficient (Wildman–Crippen LogP) is 3.65. The summed E-state index contributed by atoms with van der Waals surface area (Å²) in [6.45, 7) is 0.985. The van der Waals surface area contributed by atoms with Gasteiger partial charge in [-0.05, 0) is 60.7 Å². The summed E-state index contributed by atoms with van der Waals surface area (Å²) in [5.74, 6) is -0.0726. The Kier molecular flexibility index (Phi) is 5.99. The molecule has 0 radical (unpaired) electrons. The van der Waals surface area contributed by atoms with E-state index in [4.69, 9.17) is 11.6 Å². The number of carbonyl (C=O) groups is 1. The fourth-order valence-electron chi connectivity index (χ4n) is 3.68. The van der Waals surface area contributed by atoms with Crippen molar-refractivity contribution in [2.75, 3.05) is 26.2 Å². The third-order valence-electron chi connectivity index (χ3n) is 5.58. The highest BCUT2D eigenvalue weighted by Crippen LogP contribution is 2.41. The Morgan fingerprint density at radius 1 is 1.00 bits per heavy atom. The van der Waals surface area contributed by atoms with Gasteiger partial charge in [-0.25, -0.2) is 17.6 Å². The monoisotopic (exact) mass is 451 g/mol. The van der Waals surface area contributed by atoms with Crippen molar-refractivity contribution in [3.05, 3.63) is 64.9 Å². The second kappa shape index (κ2) is 8.53. The minimum atomic E-state index is -3.71. The second-order valence-electron chi connectivity index (χ2n) is 7.66. The van der Waals surface area contributed by atoms with Crippen molar-refractivity contribution in [2.45, 2.75) is 23.8 Å². The molecule has 1 aliphatic heterocycles. The average Bonchev–Trinajstić information content (AvgIpc) is 3.58. The number of halogens is 2. The molecular formula is C21H23ClFN3O3S.